The Morgan fingerprint density at radius 2 is 1.78 bits per heavy atom. The molecule has 2 aliphatic heterocycles. The smallest absolute Gasteiger partial charge is 0.124 e. The molecule has 1 N–H and O–H groups in total. The first-order chi connectivity index (χ1) is 15.7. The predicted molar refractivity (Wildman–Crippen MR) is 128 cm³/mol. The summed E-state index contributed by atoms with van der Waals surface area (Å²) in [7, 11) is 4.43. The zero-order chi connectivity index (χ0) is 21.7. The van der Waals surface area contributed by atoms with Crippen molar-refractivity contribution in [3.63, 3.8) is 0 Å². The van der Waals surface area contributed by atoms with Gasteiger partial charge in [0, 0.05) is 44.8 Å². The molecule has 7 heteroatoms. The highest BCUT2D eigenvalue weighted by molar-refractivity contribution is 5.89. The maximum Gasteiger partial charge on any atom is 0.124 e. The Balaban J connectivity index is 1.33. The monoisotopic (exact) mass is 429 g/mol. The fourth-order valence-corrected chi connectivity index (χ4v) is 5.54. The lowest BCUT2D eigenvalue weighted by atomic mass is 9.93. The van der Waals surface area contributed by atoms with Gasteiger partial charge in [0.15, 0.2) is 0 Å². The summed E-state index contributed by atoms with van der Waals surface area (Å²) in [5.41, 5.74) is 5.89. The summed E-state index contributed by atoms with van der Waals surface area (Å²) < 4.78 is 2.17. The van der Waals surface area contributed by atoms with Gasteiger partial charge in [-0.2, -0.15) is 0 Å². The first kappa shape index (κ1) is 19.8. The van der Waals surface area contributed by atoms with E-state index < -0.39 is 0 Å². The van der Waals surface area contributed by atoms with Crippen LogP contribution < -0.4 is 4.90 Å². The van der Waals surface area contributed by atoms with Gasteiger partial charge in [-0.1, -0.05) is 6.07 Å². The fraction of sp³-hybridized carbons (Fsp3) is 0.440. The van der Waals surface area contributed by atoms with E-state index in [1.165, 1.54) is 28.8 Å². The van der Waals surface area contributed by atoms with Crippen LogP contribution in [-0.2, 0) is 0 Å². The summed E-state index contributed by atoms with van der Waals surface area (Å²) >= 11 is 0. The minimum Gasteiger partial charge on any atom is -0.367 e. The van der Waals surface area contributed by atoms with E-state index in [-0.39, 0.29) is 12.1 Å². The zero-order valence-corrected chi connectivity index (χ0v) is 18.9. The molecule has 1 aromatic carbocycles. The highest BCUT2D eigenvalue weighted by Crippen LogP contribution is 2.41. The van der Waals surface area contributed by atoms with Gasteiger partial charge < -0.3 is 19.2 Å². The van der Waals surface area contributed by atoms with Crippen LogP contribution in [0.4, 0.5) is 5.69 Å². The van der Waals surface area contributed by atoms with Crippen LogP contribution in [-0.4, -0.2) is 69.4 Å². The number of rotatable bonds is 3. The number of para-hydroxylation sites is 1. The average molecular weight is 430 g/mol. The Hall–Kier alpha value is -2.90. The van der Waals surface area contributed by atoms with E-state index in [4.69, 9.17) is 9.97 Å². The molecule has 2 aliphatic rings. The third-order valence-corrected chi connectivity index (χ3v) is 7.41. The molecular formula is C25H31N7. The SMILES string of the molecule is CN1CCN(c2cccc3nc([C@H]4CCC[C@@H](c5nccn6cccc56)N4C)[nH]c23)CC1. The lowest BCUT2D eigenvalue weighted by Gasteiger charge is -2.38. The topological polar surface area (TPSA) is 55.7 Å². The first-order valence-electron chi connectivity index (χ1n) is 11.7. The van der Waals surface area contributed by atoms with Crippen molar-refractivity contribution in [3.8, 4) is 0 Å². The van der Waals surface area contributed by atoms with Gasteiger partial charge in [-0.15, -0.1) is 0 Å². The van der Waals surface area contributed by atoms with E-state index in [0.29, 0.717) is 0 Å². The Morgan fingerprint density at radius 1 is 0.938 bits per heavy atom. The van der Waals surface area contributed by atoms with Crippen molar-refractivity contribution < 1.29 is 0 Å². The molecule has 3 aromatic heterocycles. The number of hydrogen-bond donors (Lipinski definition) is 1. The molecule has 4 aromatic rings. The number of benzene rings is 1. The maximum atomic E-state index is 5.08. The van der Waals surface area contributed by atoms with Gasteiger partial charge in [-0.3, -0.25) is 9.88 Å². The van der Waals surface area contributed by atoms with Crippen LogP contribution in [0.3, 0.4) is 0 Å². The number of imidazole rings is 1. The van der Waals surface area contributed by atoms with E-state index >= 15 is 0 Å². The molecule has 7 nitrogen and oxygen atoms in total. The summed E-state index contributed by atoms with van der Waals surface area (Å²) in [5, 5.41) is 0. The number of piperazine rings is 1. The molecule has 2 saturated heterocycles. The average Bonchev–Trinajstić information content (AvgIpc) is 3.47. The minimum atomic E-state index is 0.263. The third kappa shape index (κ3) is 3.27. The van der Waals surface area contributed by atoms with E-state index in [2.05, 4.69) is 74.7 Å². The Labute approximate surface area is 188 Å². The van der Waals surface area contributed by atoms with Gasteiger partial charge in [-0.05, 0) is 57.6 Å². The molecule has 0 bridgehead atoms. The summed E-state index contributed by atoms with van der Waals surface area (Å²) in [6.45, 7) is 4.32. The fourth-order valence-electron chi connectivity index (χ4n) is 5.54. The van der Waals surface area contributed by atoms with E-state index in [0.717, 1.165) is 50.4 Å². The highest BCUT2D eigenvalue weighted by atomic mass is 15.3. The van der Waals surface area contributed by atoms with Crippen LogP contribution in [0, 0.1) is 0 Å². The molecule has 0 spiro atoms. The lowest BCUT2D eigenvalue weighted by Crippen LogP contribution is -2.44. The lowest BCUT2D eigenvalue weighted by molar-refractivity contribution is 0.108. The number of aromatic nitrogens is 4. The van der Waals surface area contributed by atoms with E-state index in [1.807, 2.05) is 12.4 Å². The van der Waals surface area contributed by atoms with Crippen molar-refractivity contribution in [2.45, 2.75) is 31.3 Å². The molecule has 2 atom stereocenters. The van der Waals surface area contributed by atoms with Gasteiger partial charge in [-0.25, -0.2) is 4.98 Å². The maximum absolute atomic E-state index is 5.08. The molecule has 0 unspecified atom stereocenters. The highest BCUT2D eigenvalue weighted by Gasteiger charge is 2.33. The third-order valence-electron chi connectivity index (χ3n) is 7.41. The number of hydrogen-bond acceptors (Lipinski definition) is 5. The molecular weight excluding hydrogens is 398 g/mol. The minimum absolute atomic E-state index is 0.263. The number of aromatic amines is 1. The molecule has 2 fully saturated rings. The second-order valence-electron chi connectivity index (χ2n) is 9.32. The summed E-state index contributed by atoms with van der Waals surface area (Å²) in [6.07, 6.45) is 9.45. The first-order valence-corrected chi connectivity index (χ1v) is 11.7. The summed E-state index contributed by atoms with van der Waals surface area (Å²) in [6, 6.07) is 11.3. The van der Waals surface area contributed by atoms with E-state index in [1.54, 1.807) is 0 Å². The summed E-state index contributed by atoms with van der Waals surface area (Å²) in [4.78, 5) is 21.0. The molecule has 0 aliphatic carbocycles. The summed E-state index contributed by atoms with van der Waals surface area (Å²) in [5.74, 6) is 1.08. The molecule has 32 heavy (non-hydrogen) atoms. The Bertz CT molecular complexity index is 1230. The second-order valence-corrected chi connectivity index (χ2v) is 9.32. The second kappa shape index (κ2) is 7.90. The number of likely N-dealkylation sites (N-methyl/N-ethyl adjacent to an activating group) is 1. The van der Waals surface area contributed by atoms with Crippen LogP contribution in [0.5, 0.6) is 0 Å². The Kier molecular flexibility index (Phi) is 4.88. The molecule has 5 heterocycles. The van der Waals surface area contributed by atoms with Crippen LogP contribution in [0.2, 0.25) is 0 Å². The quantitative estimate of drug-likeness (QED) is 0.536. The molecule has 6 rings (SSSR count). The molecule has 166 valence electrons. The number of nitrogens with one attached hydrogen (secondary N) is 1. The van der Waals surface area contributed by atoms with Gasteiger partial charge in [0.2, 0.25) is 0 Å². The predicted octanol–water partition coefficient (Wildman–Crippen LogP) is 3.86. The van der Waals surface area contributed by atoms with Gasteiger partial charge in [0.05, 0.1) is 40.0 Å². The number of nitrogens with zero attached hydrogens (tertiary/aromatic N) is 6. The number of H-pyrrole nitrogens is 1. The van der Waals surface area contributed by atoms with Gasteiger partial charge in [0.1, 0.15) is 5.82 Å². The zero-order valence-electron chi connectivity index (χ0n) is 18.9. The van der Waals surface area contributed by atoms with Crippen molar-refractivity contribution in [3.05, 3.63) is 60.4 Å². The van der Waals surface area contributed by atoms with Crippen LogP contribution >= 0.6 is 0 Å². The van der Waals surface area contributed by atoms with Gasteiger partial charge in [0.25, 0.3) is 0 Å². The van der Waals surface area contributed by atoms with Gasteiger partial charge >= 0.3 is 0 Å². The van der Waals surface area contributed by atoms with Crippen LogP contribution in [0.15, 0.2) is 48.9 Å². The molecule has 0 saturated carbocycles. The van der Waals surface area contributed by atoms with Crippen LogP contribution in [0.25, 0.3) is 16.6 Å². The largest absolute Gasteiger partial charge is 0.367 e. The van der Waals surface area contributed by atoms with Crippen molar-refractivity contribution in [2.75, 3.05) is 45.2 Å². The Morgan fingerprint density at radius 3 is 2.66 bits per heavy atom. The number of piperidine rings is 1. The van der Waals surface area contributed by atoms with E-state index in [9.17, 15) is 0 Å². The van der Waals surface area contributed by atoms with Crippen molar-refractivity contribution in [2.24, 2.45) is 0 Å². The van der Waals surface area contributed by atoms with Crippen molar-refractivity contribution in [1.29, 1.82) is 0 Å². The standard InChI is InChI=1S/C25H31N7/c1-29-14-16-32(17-15-29)20-8-3-6-18-23(20)28-25(27-18)22-9-4-7-19(30(22)2)24-21-10-5-12-31(21)13-11-26-24/h3,5-6,8,10-13,19,22H,4,7,9,14-17H2,1-2H3,(H,27,28)/t19-,22+/m0/s1. The number of likely N-dealkylation sites (tertiary alicyclic amines) is 1. The number of anilines is 1. The molecule has 0 amide bonds. The van der Waals surface area contributed by atoms with Crippen molar-refractivity contribution in [1.82, 2.24) is 29.2 Å². The van der Waals surface area contributed by atoms with Crippen LogP contribution in [0.1, 0.15) is 42.9 Å². The van der Waals surface area contributed by atoms with Crippen molar-refractivity contribution >= 4 is 22.2 Å². The number of fused-ring (bicyclic) bond motifs is 2. The normalized spacial score (nSPS) is 23.4. The molecule has 0 radical (unpaired) electrons.